The van der Waals surface area contributed by atoms with Gasteiger partial charge in [0.15, 0.2) is 36.4 Å². The van der Waals surface area contributed by atoms with E-state index in [1.165, 1.54) is 14.0 Å². The highest BCUT2D eigenvalue weighted by molar-refractivity contribution is 5.76. The van der Waals surface area contributed by atoms with Crippen molar-refractivity contribution in [2.45, 2.75) is 98.2 Å². The number of carbonyl (C=O) groups is 1. The third kappa shape index (κ3) is 6.00. The third-order valence-corrected chi connectivity index (χ3v) is 7.40. The van der Waals surface area contributed by atoms with Crippen LogP contribution in [0, 0.1) is 5.41 Å². The van der Waals surface area contributed by atoms with Gasteiger partial charge in [0.05, 0.1) is 24.8 Å². The summed E-state index contributed by atoms with van der Waals surface area (Å²) >= 11 is 0. The highest BCUT2D eigenvalue weighted by Gasteiger charge is 2.60. The molecule has 230 valence electrons. The molecule has 2 heterocycles. The molecule has 0 spiro atoms. The molecule has 0 bridgehead atoms. The molecule has 2 saturated heterocycles. The number of guanidine groups is 2. The van der Waals surface area contributed by atoms with E-state index in [1.807, 2.05) is 0 Å². The van der Waals surface area contributed by atoms with Crippen molar-refractivity contribution in [2.24, 2.45) is 22.2 Å². The number of nitrogens with one attached hydrogen (secondary N) is 3. The van der Waals surface area contributed by atoms with Crippen LogP contribution in [0.1, 0.15) is 6.92 Å². The van der Waals surface area contributed by atoms with Gasteiger partial charge in [-0.05, 0) is 14.0 Å². The van der Waals surface area contributed by atoms with E-state index >= 15 is 0 Å². The van der Waals surface area contributed by atoms with Gasteiger partial charge in [0.1, 0.15) is 54.9 Å². The first kappa shape index (κ1) is 32.2. The number of nitrogens with zero attached hydrogens (tertiary/aromatic N) is 1. The van der Waals surface area contributed by atoms with Crippen LogP contribution in [0.25, 0.3) is 0 Å². The van der Waals surface area contributed by atoms with Gasteiger partial charge in [-0.2, -0.15) is 0 Å². The SMILES string of the molecule is CN[C@H]1[C@@H](OC2[C@@H](O[C@H]3[C@H](O)[C@@H](O)[C@H](NC(=N)N)[C@@H](O)[C@@H]3N=C(N)N)O[C@H](C)[C@@]2(O)C=O)O[C@H](CO)[C@@H](O)[C@@H]1O. The van der Waals surface area contributed by atoms with Gasteiger partial charge in [-0.15, -0.1) is 0 Å². The minimum absolute atomic E-state index is 0.138. The molecular formula is C21H39N7O12. The van der Waals surface area contributed by atoms with Crippen LogP contribution in [0.2, 0.25) is 0 Å². The molecule has 0 aromatic rings. The molecular weight excluding hydrogens is 542 g/mol. The summed E-state index contributed by atoms with van der Waals surface area (Å²) in [4.78, 5) is 16.0. The summed E-state index contributed by atoms with van der Waals surface area (Å²) in [7, 11) is 1.42. The fourth-order valence-electron chi connectivity index (χ4n) is 5.13. The first-order valence-electron chi connectivity index (χ1n) is 12.4. The molecule has 0 radical (unpaired) electrons. The number of aldehydes is 1. The van der Waals surface area contributed by atoms with Crippen molar-refractivity contribution in [1.29, 1.82) is 5.41 Å². The molecule has 2 aliphatic heterocycles. The standard InChI is InChI=1S/C21H39N7O12/c1-5-21(36,4-30)16(40-17-9(26-2)13(34)10(31)6(3-29)38-17)18(37-5)39-15-8(28-20(24)25)11(32)7(27-19(22)23)12(33)14(15)35/h4-18,26,29,31-36H,3H2,1-2H3,(H4,22,23,27)(H4,24,25,28)/t5-,6-,7-,8+,9-,10-,11-,12+,13-,14-,15-,16?,17-,18-,21+/m1/s1. The zero-order valence-electron chi connectivity index (χ0n) is 21.7. The van der Waals surface area contributed by atoms with Gasteiger partial charge >= 0.3 is 0 Å². The zero-order chi connectivity index (χ0) is 30.1. The van der Waals surface area contributed by atoms with Crippen LogP contribution in [-0.4, -0.2) is 159 Å². The molecule has 40 heavy (non-hydrogen) atoms. The fourth-order valence-corrected chi connectivity index (χ4v) is 5.13. The second-order valence-electron chi connectivity index (χ2n) is 9.93. The number of hydrogen-bond donors (Lipinski definition) is 13. The van der Waals surface area contributed by atoms with E-state index in [9.17, 15) is 40.5 Å². The maximum atomic E-state index is 12.1. The molecule has 15 atom stereocenters. The molecule has 16 N–H and O–H groups in total. The first-order chi connectivity index (χ1) is 18.7. The number of aliphatic hydroxyl groups is 7. The van der Waals surface area contributed by atoms with Crippen molar-refractivity contribution in [3.05, 3.63) is 0 Å². The van der Waals surface area contributed by atoms with E-state index < -0.39 is 110 Å². The van der Waals surface area contributed by atoms with Crippen LogP contribution in [0.4, 0.5) is 0 Å². The largest absolute Gasteiger partial charge is 0.394 e. The minimum Gasteiger partial charge on any atom is -0.394 e. The summed E-state index contributed by atoms with van der Waals surface area (Å²) in [5, 5.41) is 86.4. The predicted octanol–water partition coefficient (Wildman–Crippen LogP) is -7.95. The lowest BCUT2D eigenvalue weighted by Gasteiger charge is -2.46. The average molecular weight is 582 g/mol. The minimum atomic E-state index is -2.39. The van der Waals surface area contributed by atoms with Crippen LogP contribution in [0.3, 0.4) is 0 Å². The van der Waals surface area contributed by atoms with E-state index in [0.29, 0.717) is 0 Å². The molecule has 0 aromatic heterocycles. The van der Waals surface area contributed by atoms with E-state index in [0.717, 1.165) is 0 Å². The first-order valence-corrected chi connectivity index (χ1v) is 12.4. The monoisotopic (exact) mass is 581 g/mol. The summed E-state index contributed by atoms with van der Waals surface area (Å²) < 4.78 is 22.9. The average Bonchev–Trinajstić information content (AvgIpc) is 3.13. The summed E-state index contributed by atoms with van der Waals surface area (Å²) in [6, 6.07) is -4.02. The van der Waals surface area contributed by atoms with E-state index in [1.54, 1.807) is 0 Å². The lowest BCUT2D eigenvalue weighted by molar-refractivity contribution is -0.314. The second-order valence-corrected chi connectivity index (χ2v) is 9.93. The highest BCUT2D eigenvalue weighted by Crippen LogP contribution is 2.38. The Kier molecular flexibility index (Phi) is 10.2. The smallest absolute Gasteiger partial charge is 0.188 e. The van der Waals surface area contributed by atoms with Crippen LogP contribution < -0.4 is 27.8 Å². The molecule has 3 fully saturated rings. The Labute approximate surface area is 228 Å². The van der Waals surface area contributed by atoms with Gasteiger partial charge in [-0.25, -0.2) is 4.99 Å². The van der Waals surface area contributed by atoms with Crippen molar-refractivity contribution < 1.29 is 59.5 Å². The lowest BCUT2D eigenvalue weighted by atomic mass is 9.81. The number of hydrogen-bond acceptors (Lipinski definition) is 15. The molecule has 3 rings (SSSR count). The predicted molar refractivity (Wildman–Crippen MR) is 132 cm³/mol. The fraction of sp³-hybridized carbons (Fsp3) is 0.857. The van der Waals surface area contributed by atoms with Crippen molar-refractivity contribution in [1.82, 2.24) is 10.6 Å². The summed E-state index contributed by atoms with van der Waals surface area (Å²) in [5.41, 5.74) is 13.9. The Morgan fingerprint density at radius 1 is 1.00 bits per heavy atom. The lowest BCUT2D eigenvalue weighted by Crippen LogP contribution is -2.70. The Bertz CT molecular complexity index is 930. The number of aliphatic hydroxyl groups excluding tert-OH is 6. The Morgan fingerprint density at radius 2 is 1.62 bits per heavy atom. The maximum Gasteiger partial charge on any atom is 0.188 e. The molecule has 19 nitrogen and oxygen atoms in total. The summed E-state index contributed by atoms with van der Waals surface area (Å²) in [6.07, 6.45) is -17.3. The van der Waals surface area contributed by atoms with Crippen molar-refractivity contribution in [2.75, 3.05) is 13.7 Å². The normalized spacial score (nSPS) is 47.4. The molecule has 19 heteroatoms. The quantitative estimate of drug-likeness (QED) is 0.0682. The molecule has 0 amide bonds. The molecule has 1 aliphatic carbocycles. The Hall–Kier alpha value is -2.27. The van der Waals surface area contributed by atoms with Crippen LogP contribution >= 0.6 is 0 Å². The molecule has 1 saturated carbocycles. The van der Waals surface area contributed by atoms with E-state index in [-0.39, 0.29) is 6.29 Å². The zero-order valence-corrected chi connectivity index (χ0v) is 21.7. The van der Waals surface area contributed by atoms with E-state index in [4.69, 9.17) is 41.6 Å². The maximum absolute atomic E-state index is 12.1. The van der Waals surface area contributed by atoms with Gasteiger partial charge in [-0.1, -0.05) is 0 Å². The number of carbonyl (C=O) groups excluding carboxylic acids is 1. The number of aliphatic imine (C=N–C) groups is 1. The Morgan fingerprint density at radius 3 is 2.15 bits per heavy atom. The van der Waals surface area contributed by atoms with Crippen LogP contribution in [0.5, 0.6) is 0 Å². The van der Waals surface area contributed by atoms with Crippen LogP contribution in [0.15, 0.2) is 4.99 Å². The summed E-state index contributed by atoms with van der Waals surface area (Å²) in [6.45, 7) is 0.617. The number of ether oxygens (including phenoxy) is 4. The summed E-state index contributed by atoms with van der Waals surface area (Å²) in [5.74, 6) is -1.16. The number of likely N-dealkylation sites (N-methyl/N-ethyl adjacent to an activating group) is 1. The van der Waals surface area contributed by atoms with Crippen molar-refractivity contribution in [3.8, 4) is 0 Å². The number of rotatable bonds is 9. The van der Waals surface area contributed by atoms with Gasteiger partial charge < -0.3 is 82.5 Å². The van der Waals surface area contributed by atoms with E-state index in [2.05, 4.69) is 15.6 Å². The van der Waals surface area contributed by atoms with Crippen LogP contribution in [-0.2, 0) is 23.7 Å². The molecule has 0 aromatic carbocycles. The van der Waals surface area contributed by atoms with Crippen molar-refractivity contribution >= 4 is 18.2 Å². The topological polar surface area (TPSA) is 334 Å². The van der Waals surface area contributed by atoms with Gasteiger partial charge in [0, 0.05) is 0 Å². The second kappa shape index (κ2) is 12.7. The van der Waals surface area contributed by atoms with Gasteiger partial charge in [0.2, 0.25) is 0 Å². The Balaban J connectivity index is 1.95. The third-order valence-electron chi connectivity index (χ3n) is 7.40. The number of nitrogens with two attached hydrogens (primary N) is 3. The van der Waals surface area contributed by atoms with Gasteiger partial charge in [-0.3, -0.25) is 10.2 Å². The van der Waals surface area contributed by atoms with Crippen molar-refractivity contribution in [3.63, 3.8) is 0 Å². The van der Waals surface area contributed by atoms with Gasteiger partial charge in [0.25, 0.3) is 0 Å². The highest BCUT2D eigenvalue weighted by atomic mass is 16.8. The molecule has 3 aliphatic rings. The molecule has 1 unspecified atom stereocenters.